The van der Waals surface area contributed by atoms with E-state index in [0.29, 0.717) is 0 Å². The zero-order valence-electron chi connectivity index (χ0n) is 9.61. The fourth-order valence-corrected chi connectivity index (χ4v) is 2.40. The van der Waals surface area contributed by atoms with E-state index in [1.54, 1.807) is 0 Å². The molecule has 1 aromatic rings. The summed E-state index contributed by atoms with van der Waals surface area (Å²) in [5.74, 6) is 0. The van der Waals surface area contributed by atoms with Gasteiger partial charge in [0.05, 0.1) is 0 Å². The molecule has 0 N–H and O–H groups in total. The predicted molar refractivity (Wildman–Crippen MR) is 73.5 cm³/mol. The highest BCUT2D eigenvalue weighted by Crippen LogP contribution is 2.15. The first kappa shape index (κ1) is 11.9. The summed E-state index contributed by atoms with van der Waals surface area (Å²) in [4.78, 5) is 5.03. The summed E-state index contributed by atoms with van der Waals surface area (Å²) in [6.45, 7) is 5.94. The molecule has 0 aliphatic carbocycles. The third-order valence-corrected chi connectivity index (χ3v) is 3.66. The van der Waals surface area contributed by atoms with Gasteiger partial charge in [-0.2, -0.15) is 0 Å². The number of hydrogen-bond acceptors (Lipinski definition) is 2. The van der Waals surface area contributed by atoms with Crippen molar-refractivity contribution in [3.05, 3.63) is 30.3 Å². The molecule has 0 unspecified atom stereocenters. The second-order valence-corrected chi connectivity index (χ2v) is 5.00. The topological polar surface area (TPSA) is 6.48 Å². The zero-order chi connectivity index (χ0) is 11.2. The second kappa shape index (κ2) is 6.26. The maximum atomic E-state index is 3.49. The Morgan fingerprint density at radius 3 is 2.31 bits per heavy atom. The molecule has 0 saturated carbocycles. The number of hydrogen-bond donors (Lipinski definition) is 0. The number of benzene rings is 1. The molecule has 0 aromatic heterocycles. The van der Waals surface area contributed by atoms with Gasteiger partial charge in [0.25, 0.3) is 0 Å². The maximum Gasteiger partial charge on any atom is 0.0367 e. The maximum absolute atomic E-state index is 3.49. The molecule has 3 heteroatoms. The van der Waals surface area contributed by atoms with E-state index in [1.807, 2.05) is 0 Å². The Balaban J connectivity index is 1.81. The number of rotatable bonds is 4. The number of halogens is 1. The minimum atomic E-state index is 1.12. The van der Waals surface area contributed by atoms with Gasteiger partial charge in [-0.1, -0.05) is 34.1 Å². The Labute approximate surface area is 106 Å². The molecule has 0 bridgehead atoms. The highest BCUT2D eigenvalue weighted by atomic mass is 79.9. The summed E-state index contributed by atoms with van der Waals surface area (Å²) in [7, 11) is 0. The van der Waals surface area contributed by atoms with Gasteiger partial charge in [-0.3, -0.25) is 4.90 Å². The van der Waals surface area contributed by atoms with Crippen molar-refractivity contribution in [1.29, 1.82) is 0 Å². The van der Waals surface area contributed by atoms with Gasteiger partial charge < -0.3 is 4.90 Å². The van der Waals surface area contributed by atoms with Crippen LogP contribution in [0.2, 0.25) is 0 Å². The molecule has 88 valence electrons. The summed E-state index contributed by atoms with van der Waals surface area (Å²) in [6, 6.07) is 10.7. The highest BCUT2D eigenvalue weighted by Gasteiger charge is 2.15. The van der Waals surface area contributed by atoms with Crippen molar-refractivity contribution in [2.45, 2.75) is 6.42 Å². The molecule has 0 amide bonds. The predicted octanol–water partition coefficient (Wildman–Crippen LogP) is 2.59. The Morgan fingerprint density at radius 1 is 1.00 bits per heavy atom. The van der Waals surface area contributed by atoms with Gasteiger partial charge in [0, 0.05) is 37.2 Å². The molecule has 0 spiro atoms. The van der Waals surface area contributed by atoms with Crippen molar-refractivity contribution in [3.63, 3.8) is 0 Å². The Hall–Kier alpha value is -0.540. The summed E-state index contributed by atoms with van der Waals surface area (Å²) < 4.78 is 0. The van der Waals surface area contributed by atoms with Crippen LogP contribution in [0.1, 0.15) is 6.42 Å². The van der Waals surface area contributed by atoms with Gasteiger partial charge in [0.15, 0.2) is 0 Å². The summed E-state index contributed by atoms with van der Waals surface area (Å²) in [5.41, 5.74) is 1.36. The van der Waals surface area contributed by atoms with Crippen molar-refractivity contribution < 1.29 is 0 Å². The first-order valence-electron chi connectivity index (χ1n) is 5.98. The molecule has 0 atom stereocenters. The van der Waals surface area contributed by atoms with E-state index in [1.165, 1.54) is 31.7 Å². The third-order valence-electron chi connectivity index (χ3n) is 3.10. The summed E-state index contributed by atoms with van der Waals surface area (Å²) in [5, 5.41) is 1.12. The van der Waals surface area contributed by atoms with Crippen LogP contribution in [0, 0.1) is 0 Å². The van der Waals surface area contributed by atoms with Crippen LogP contribution >= 0.6 is 15.9 Å². The van der Waals surface area contributed by atoms with E-state index in [-0.39, 0.29) is 0 Å². The molecule has 1 heterocycles. The second-order valence-electron chi connectivity index (χ2n) is 4.21. The molecule has 16 heavy (non-hydrogen) atoms. The fraction of sp³-hybridized carbons (Fsp3) is 0.538. The number of para-hydroxylation sites is 1. The number of anilines is 1. The monoisotopic (exact) mass is 282 g/mol. The van der Waals surface area contributed by atoms with Crippen molar-refractivity contribution in [2.24, 2.45) is 0 Å². The van der Waals surface area contributed by atoms with Gasteiger partial charge >= 0.3 is 0 Å². The number of alkyl halides is 1. The van der Waals surface area contributed by atoms with Crippen LogP contribution in [0.25, 0.3) is 0 Å². The van der Waals surface area contributed by atoms with Crippen molar-refractivity contribution in [1.82, 2.24) is 4.90 Å². The zero-order valence-corrected chi connectivity index (χ0v) is 11.2. The van der Waals surface area contributed by atoms with Gasteiger partial charge in [-0.05, 0) is 25.1 Å². The van der Waals surface area contributed by atoms with E-state index >= 15 is 0 Å². The molecule has 2 nitrogen and oxygen atoms in total. The lowest BCUT2D eigenvalue weighted by molar-refractivity contribution is 0.259. The molecule has 1 aliphatic rings. The molecule has 2 rings (SSSR count). The molecule has 1 aliphatic heterocycles. The number of nitrogens with zero attached hydrogens (tertiary/aromatic N) is 2. The first-order chi connectivity index (χ1) is 7.90. The van der Waals surface area contributed by atoms with Crippen LogP contribution in [-0.4, -0.2) is 43.0 Å². The van der Waals surface area contributed by atoms with E-state index < -0.39 is 0 Å². The molecular weight excluding hydrogens is 264 g/mol. The lowest BCUT2D eigenvalue weighted by Crippen LogP contribution is -2.46. The quantitative estimate of drug-likeness (QED) is 0.784. The van der Waals surface area contributed by atoms with E-state index in [0.717, 1.165) is 18.4 Å². The standard InChI is InChI=1S/C13H19BrN2/c14-7-4-8-15-9-11-16(12-10-15)13-5-2-1-3-6-13/h1-3,5-6H,4,7-12H2. The minimum Gasteiger partial charge on any atom is -0.369 e. The SMILES string of the molecule is BrCCCN1CCN(c2ccccc2)CC1. The summed E-state index contributed by atoms with van der Waals surface area (Å²) >= 11 is 3.49. The van der Waals surface area contributed by atoms with Crippen LogP contribution in [0.15, 0.2) is 30.3 Å². The Kier molecular flexibility index (Phi) is 4.67. The summed E-state index contributed by atoms with van der Waals surface area (Å²) in [6.07, 6.45) is 1.26. The Bertz CT molecular complexity index is 294. The third kappa shape index (κ3) is 3.22. The van der Waals surface area contributed by atoms with Crippen LogP contribution < -0.4 is 4.90 Å². The molecule has 1 aromatic carbocycles. The smallest absolute Gasteiger partial charge is 0.0367 e. The van der Waals surface area contributed by atoms with Crippen molar-refractivity contribution >= 4 is 21.6 Å². The van der Waals surface area contributed by atoms with Crippen LogP contribution in [0.3, 0.4) is 0 Å². The van der Waals surface area contributed by atoms with E-state index in [2.05, 4.69) is 56.1 Å². The largest absolute Gasteiger partial charge is 0.369 e. The fourth-order valence-electron chi connectivity index (χ4n) is 2.15. The van der Waals surface area contributed by atoms with Crippen LogP contribution in [-0.2, 0) is 0 Å². The van der Waals surface area contributed by atoms with E-state index in [4.69, 9.17) is 0 Å². The van der Waals surface area contributed by atoms with Gasteiger partial charge in [-0.15, -0.1) is 0 Å². The highest BCUT2D eigenvalue weighted by molar-refractivity contribution is 9.09. The van der Waals surface area contributed by atoms with Gasteiger partial charge in [-0.25, -0.2) is 0 Å². The normalized spacial score (nSPS) is 17.7. The number of piperazine rings is 1. The molecular formula is C13H19BrN2. The average Bonchev–Trinajstić information content (AvgIpc) is 2.38. The molecule has 1 fully saturated rings. The lowest BCUT2D eigenvalue weighted by Gasteiger charge is -2.36. The molecule has 0 radical (unpaired) electrons. The minimum absolute atomic E-state index is 1.12. The van der Waals surface area contributed by atoms with Crippen LogP contribution in [0.4, 0.5) is 5.69 Å². The van der Waals surface area contributed by atoms with Gasteiger partial charge in [0.1, 0.15) is 0 Å². The first-order valence-corrected chi connectivity index (χ1v) is 7.10. The average molecular weight is 283 g/mol. The Morgan fingerprint density at radius 2 is 1.69 bits per heavy atom. The van der Waals surface area contributed by atoms with Crippen LogP contribution in [0.5, 0.6) is 0 Å². The van der Waals surface area contributed by atoms with Crippen molar-refractivity contribution in [3.8, 4) is 0 Å². The van der Waals surface area contributed by atoms with Crippen molar-refractivity contribution in [2.75, 3.05) is 43.0 Å². The lowest BCUT2D eigenvalue weighted by atomic mass is 10.2. The van der Waals surface area contributed by atoms with E-state index in [9.17, 15) is 0 Å². The van der Waals surface area contributed by atoms with Gasteiger partial charge in [0.2, 0.25) is 0 Å². The molecule has 1 saturated heterocycles.